The average molecular weight is 383 g/mol. The van der Waals surface area contributed by atoms with Gasteiger partial charge in [0.1, 0.15) is 12.2 Å². The molecule has 150 valence electrons. The summed E-state index contributed by atoms with van der Waals surface area (Å²) in [6.45, 7) is 12.2. The number of ether oxygens (including phenoxy) is 2. The summed E-state index contributed by atoms with van der Waals surface area (Å²) in [6, 6.07) is 9.12. The molecule has 0 bridgehead atoms. The molecule has 2 aliphatic rings. The quantitative estimate of drug-likeness (QED) is 0.539. The van der Waals surface area contributed by atoms with Crippen molar-refractivity contribution in [1.82, 2.24) is 0 Å². The zero-order valence-electron chi connectivity index (χ0n) is 17.2. The standard InChI is InChI=1S/C24H30O4/c1-15-11-19(27-17(3)25)13-16(2)20-14-24(4,5)22(20)21(12-15)28-23(26)18-9-7-6-8-10-18/h6-11,19-22H,2,12-14H2,1,3-5H3/b15-11+/t19-,20+,21-,22+/m1/s1. The summed E-state index contributed by atoms with van der Waals surface area (Å²) < 4.78 is 11.5. The SMILES string of the molecule is C=C1C[C@H](OC(C)=O)/C=C(\C)C[C@@H](OC(=O)c2ccccc2)[C@@H]2[C@H]1CC2(C)C. The van der Waals surface area contributed by atoms with Gasteiger partial charge in [-0.15, -0.1) is 0 Å². The van der Waals surface area contributed by atoms with Gasteiger partial charge >= 0.3 is 11.9 Å². The molecule has 1 aromatic carbocycles. The van der Waals surface area contributed by atoms with E-state index in [0.29, 0.717) is 18.4 Å². The van der Waals surface area contributed by atoms with Crippen molar-refractivity contribution in [3.63, 3.8) is 0 Å². The summed E-state index contributed by atoms with van der Waals surface area (Å²) in [5.41, 5.74) is 2.77. The third-order valence-corrected chi connectivity index (χ3v) is 6.05. The van der Waals surface area contributed by atoms with E-state index in [1.54, 1.807) is 12.1 Å². The zero-order valence-corrected chi connectivity index (χ0v) is 17.2. The van der Waals surface area contributed by atoms with Crippen molar-refractivity contribution in [2.45, 2.75) is 59.2 Å². The molecular weight excluding hydrogens is 352 g/mol. The topological polar surface area (TPSA) is 52.6 Å². The van der Waals surface area contributed by atoms with Crippen molar-refractivity contribution in [3.05, 3.63) is 59.7 Å². The average Bonchev–Trinajstić information content (AvgIpc) is 2.62. The van der Waals surface area contributed by atoms with Crippen LogP contribution < -0.4 is 0 Å². The van der Waals surface area contributed by atoms with E-state index in [-0.39, 0.29) is 41.4 Å². The van der Waals surface area contributed by atoms with Crippen LogP contribution in [0.2, 0.25) is 0 Å². The normalized spacial score (nSPS) is 31.0. The van der Waals surface area contributed by atoms with Gasteiger partial charge in [-0.2, -0.15) is 0 Å². The summed E-state index contributed by atoms with van der Waals surface area (Å²) in [5.74, 6) is -0.118. The van der Waals surface area contributed by atoms with Crippen molar-refractivity contribution >= 4 is 11.9 Å². The molecule has 4 nitrogen and oxygen atoms in total. The van der Waals surface area contributed by atoms with Gasteiger partial charge in [-0.1, -0.05) is 49.8 Å². The minimum absolute atomic E-state index is 0.0663. The van der Waals surface area contributed by atoms with Crippen molar-refractivity contribution in [1.29, 1.82) is 0 Å². The molecule has 0 aliphatic heterocycles. The number of carbonyl (C=O) groups excluding carboxylic acids is 2. The molecule has 3 rings (SSSR count). The van der Waals surface area contributed by atoms with Crippen LogP contribution in [0, 0.1) is 17.3 Å². The molecule has 4 atom stereocenters. The van der Waals surface area contributed by atoms with Gasteiger partial charge < -0.3 is 9.47 Å². The van der Waals surface area contributed by atoms with Crippen molar-refractivity contribution in [2.75, 3.05) is 0 Å². The number of carbonyl (C=O) groups is 2. The molecule has 1 aromatic rings. The second kappa shape index (κ2) is 7.94. The highest BCUT2D eigenvalue weighted by molar-refractivity contribution is 5.89. The summed E-state index contributed by atoms with van der Waals surface area (Å²) in [7, 11) is 0. The number of hydrogen-bond acceptors (Lipinski definition) is 4. The fraction of sp³-hybridized carbons (Fsp3) is 0.500. The first-order chi connectivity index (χ1) is 13.2. The fourth-order valence-corrected chi connectivity index (χ4v) is 4.86. The Hall–Kier alpha value is -2.36. The van der Waals surface area contributed by atoms with Gasteiger partial charge in [0.25, 0.3) is 0 Å². The molecular formula is C24H30O4. The van der Waals surface area contributed by atoms with Crippen molar-refractivity contribution in [3.8, 4) is 0 Å². The molecule has 1 saturated carbocycles. The van der Waals surface area contributed by atoms with Crippen LogP contribution in [-0.2, 0) is 14.3 Å². The lowest BCUT2D eigenvalue weighted by atomic mass is 9.51. The Morgan fingerprint density at radius 2 is 1.79 bits per heavy atom. The third-order valence-electron chi connectivity index (χ3n) is 6.05. The van der Waals surface area contributed by atoms with Gasteiger partial charge in [0.2, 0.25) is 0 Å². The van der Waals surface area contributed by atoms with Crippen molar-refractivity contribution in [2.24, 2.45) is 17.3 Å². The highest BCUT2D eigenvalue weighted by atomic mass is 16.5. The molecule has 0 aromatic heterocycles. The lowest BCUT2D eigenvalue weighted by Crippen LogP contribution is -2.52. The van der Waals surface area contributed by atoms with E-state index >= 15 is 0 Å². The first kappa shape index (κ1) is 20.4. The maximum absolute atomic E-state index is 12.7. The molecule has 2 aliphatic carbocycles. The Morgan fingerprint density at radius 3 is 2.39 bits per heavy atom. The van der Waals surface area contributed by atoms with Gasteiger partial charge in [0.05, 0.1) is 5.56 Å². The second-order valence-corrected chi connectivity index (χ2v) is 8.86. The predicted molar refractivity (Wildman–Crippen MR) is 109 cm³/mol. The first-order valence-electron chi connectivity index (χ1n) is 9.95. The summed E-state index contributed by atoms with van der Waals surface area (Å²) in [5, 5.41) is 0. The Morgan fingerprint density at radius 1 is 1.11 bits per heavy atom. The molecule has 0 unspecified atom stereocenters. The first-order valence-corrected chi connectivity index (χ1v) is 9.95. The van der Waals surface area contributed by atoms with Crippen LogP contribution in [0.25, 0.3) is 0 Å². The highest BCUT2D eigenvalue weighted by Gasteiger charge is 2.53. The van der Waals surface area contributed by atoms with Crippen LogP contribution >= 0.6 is 0 Å². The number of esters is 2. The molecule has 0 spiro atoms. The maximum Gasteiger partial charge on any atom is 0.338 e. The number of fused-ring (bicyclic) bond motifs is 1. The van der Waals surface area contributed by atoms with Crippen LogP contribution in [0.5, 0.6) is 0 Å². The fourth-order valence-electron chi connectivity index (χ4n) is 4.86. The van der Waals surface area contributed by atoms with Crippen molar-refractivity contribution < 1.29 is 19.1 Å². The molecule has 4 heteroatoms. The number of benzene rings is 1. The van der Waals surface area contributed by atoms with Gasteiger partial charge in [0.15, 0.2) is 0 Å². The largest absolute Gasteiger partial charge is 0.458 e. The summed E-state index contributed by atoms with van der Waals surface area (Å²) in [4.78, 5) is 24.2. The Balaban J connectivity index is 1.88. The monoisotopic (exact) mass is 382 g/mol. The maximum atomic E-state index is 12.7. The molecule has 0 amide bonds. The smallest absolute Gasteiger partial charge is 0.338 e. The molecule has 0 N–H and O–H groups in total. The van der Waals surface area contributed by atoms with Gasteiger partial charge in [0, 0.05) is 25.7 Å². The third kappa shape index (κ3) is 4.37. The molecule has 1 fully saturated rings. The minimum Gasteiger partial charge on any atom is -0.458 e. The van der Waals surface area contributed by atoms with E-state index in [4.69, 9.17) is 9.47 Å². The minimum atomic E-state index is -0.307. The van der Waals surface area contributed by atoms with E-state index in [1.807, 2.05) is 31.2 Å². The van der Waals surface area contributed by atoms with E-state index in [9.17, 15) is 9.59 Å². The summed E-state index contributed by atoms with van der Waals surface area (Å²) >= 11 is 0. The Kier molecular flexibility index (Phi) is 5.78. The molecule has 28 heavy (non-hydrogen) atoms. The van der Waals surface area contributed by atoms with Crippen LogP contribution in [0.3, 0.4) is 0 Å². The molecule has 0 heterocycles. The zero-order chi connectivity index (χ0) is 20.5. The van der Waals surface area contributed by atoms with E-state index in [2.05, 4.69) is 20.4 Å². The van der Waals surface area contributed by atoms with Gasteiger partial charge in [-0.25, -0.2) is 4.79 Å². The van der Waals surface area contributed by atoms with Crippen LogP contribution in [0.4, 0.5) is 0 Å². The number of rotatable bonds is 3. The lowest BCUT2D eigenvalue weighted by molar-refractivity contribution is -0.144. The van der Waals surface area contributed by atoms with Crippen LogP contribution in [0.15, 0.2) is 54.1 Å². The predicted octanol–water partition coefficient (Wildman–Crippen LogP) is 5.10. The Labute approximate surface area is 167 Å². The van der Waals surface area contributed by atoms with Gasteiger partial charge in [-0.3, -0.25) is 4.79 Å². The molecule has 0 saturated heterocycles. The second-order valence-electron chi connectivity index (χ2n) is 8.86. The van der Waals surface area contributed by atoms with E-state index in [1.165, 1.54) is 6.92 Å². The Bertz CT molecular complexity index is 790. The summed E-state index contributed by atoms with van der Waals surface area (Å²) in [6.07, 6.45) is 3.69. The highest BCUT2D eigenvalue weighted by Crippen LogP contribution is 2.57. The number of hydrogen-bond donors (Lipinski definition) is 0. The lowest BCUT2D eigenvalue weighted by Gasteiger charge is -2.55. The van der Waals surface area contributed by atoms with E-state index < -0.39 is 0 Å². The van der Waals surface area contributed by atoms with E-state index in [0.717, 1.165) is 17.6 Å². The molecule has 0 radical (unpaired) electrons. The van der Waals surface area contributed by atoms with Crippen LogP contribution in [-0.4, -0.2) is 24.1 Å². The van der Waals surface area contributed by atoms with Gasteiger partial charge in [-0.05, 0) is 42.9 Å². The van der Waals surface area contributed by atoms with Crippen LogP contribution in [0.1, 0.15) is 57.3 Å².